The predicted octanol–water partition coefficient (Wildman–Crippen LogP) is 5.68. The molecule has 5 rings (SSSR count). The highest BCUT2D eigenvalue weighted by atomic mass is 32.2. The molecular formula is C26H25F3N6O3S. The van der Waals surface area contributed by atoms with Crippen LogP contribution < -0.4 is 14.8 Å². The summed E-state index contributed by atoms with van der Waals surface area (Å²) in [7, 11) is -4.35. The molecule has 2 aromatic carbocycles. The van der Waals surface area contributed by atoms with Gasteiger partial charge >= 0.3 is 0 Å². The highest BCUT2D eigenvalue weighted by molar-refractivity contribution is 7.92. The van der Waals surface area contributed by atoms with E-state index in [0.29, 0.717) is 22.9 Å². The van der Waals surface area contributed by atoms with Crippen molar-refractivity contribution in [3.05, 3.63) is 78.5 Å². The number of benzene rings is 2. The normalized spacial score (nSPS) is 14.6. The van der Waals surface area contributed by atoms with Gasteiger partial charge in [-0.2, -0.15) is 5.10 Å². The lowest BCUT2D eigenvalue weighted by atomic mass is 9.78. The molecule has 3 N–H and O–H groups in total. The molecule has 0 bridgehead atoms. The van der Waals surface area contributed by atoms with Gasteiger partial charge in [-0.3, -0.25) is 14.8 Å². The number of sulfonamides is 1. The van der Waals surface area contributed by atoms with E-state index in [-0.39, 0.29) is 17.4 Å². The van der Waals surface area contributed by atoms with Crippen LogP contribution in [0.1, 0.15) is 30.9 Å². The molecule has 0 spiro atoms. The first-order valence-corrected chi connectivity index (χ1v) is 13.8. The number of nitrogens with zero attached hydrogens (tertiary/aromatic N) is 3. The molecule has 0 saturated heterocycles. The summed E-state index contributed by atoms with van der Waals surface area (Å²) in [6, 6.07) is 12.3. The van der Waals surface area contributed by atoms with Gasteiger partial charge in [0.05, 0.1) is 17.6 Å². The fourth-order valence-electron chi connectivity index (χ4n) is 4.24. The van der Waals surface area contributed by atoms with Gasteiger partial charge in [-0.15, -0.1) is 0 Å². The Bertz CT molecular complexity index is 1510. The van der Waals surface area contributed by atoms with Gasteiger partial charge in [0.25, 0.3) is 6.43 Å². The van der Waals surface area contributed by atoms with Crippen molar-refractivity contribution in [3.63, 3.8) is 0 Å². The number of anilines is 3. The zero-order chi connectivity index (χ0) is 27.4. The van der Waals surface area contributed by atoms with Gasteiger partial charge in [0.1, 0.15) is 29.2 Å². The number of hydrogen-bond acceptors (Lipinski definition) is 7. The van der Waals surface area contributed by atoms with Gasteiger partial charge in [-0.05, 0) is 42.7 Å². The molecule has 0 aliphatic heterocycles. The lowest BCUT2D eigenvalue weighted by molar-refractivity contribution is 0.0845. The molecule has 39 heavy (non-hydrogen) atoms. The SMILES string of the molecule is O=S(=O)(CC(F)F)Nc1ccc(-c2cc(Nc3cnccn3)n[nH]2)cc1OC(c1ccc(F)cc1)C1CCC1. The van der Waals surface area contributed by atoms with Crippen LogP contribution in [0.15, 0.2) is 67.1 Å². The molecule has 204 valence electrons. The van der Waals surface area contributed by atoms with Crippen molar-refractivity contribution in [1.82, 2.24) is 20.2 Å². The summed E-state index contributed by atoms with van der Waals surface area (Å²) in [5, 5.41) is 10.1. The van der Waals surface area contributed by atoms with Crippen molar-refractivity contribution >= 4 is 27.3 Å². The van der Waals surface area contributed by atoms with E-state index in [9.17, 15) is 21.6 Å². The molecule has 1 saturated carbocycles. The fourth-order valence-corrected chi connectivity index (χ4v) is 5.16. The number of alkyl halides is 2. The molecule has 2 heterocycles. The van der Waals surface area contributed by atoms with E-state index >= 15 is 0 Å². The molecule has 0 radical (unpaired) electrons. The summed E-state index contributed by atoms with van der Waals surface area (Å²) in [6.07, 6.45) is 3.85. The van der Waals surface area contributed by atoms with Crippen molar-refractivity contribution in [1.29, 1.82) is 0 Å². The van der Waals surface area contributed by atoms with Crippen molar-refractivity contribution in [3.8, 4) is 17.0 Å². The molecule has 9 nitrogen and oxygen atoms in total. The molecule has 0 amide bonds. The molecule has 1 aliphatic rings. The Kier molecular flexibility index (Phi) is 7.68. The smallest absolute Gasteiger partial charge is 0.254 e. The summed E-state index contributed by atoms with van der Waals surface area (Å²) >= 11 is 0. The first-order chi connectivity index (χ1) is 18.8. The van der Waals surface area contributed by atoms with Gasteiger partial charge in [0, 0.05) is 29.9 Å². The maximum absolute atomic E-state index is 13.6. The molecule has 2 aromatic heterocycles. The standard InChI is InChI=1S/C26H25F3N6O3S/c27-19-7-4-17(5-8-19)26(16-2-1-3-16)38-22-12-18(6-9-20(22)35-39(36,37)15-23(28)29)21-13-24(34-33-21)32-25-14-30-10-11-31-25/h4-14,16,23,26,35H,1-3,15H2,(H2,31,32,33,34). The summed E-state index contributed by atoms with van der Waals surface area (Å²) < 4.78 is 72.7. The van der Waals surface area contributed by atoms with E-state index < -0.39 is 34.1 Å². The third-order valence-corrected chi connectivity index (χ3v) is 7.55. The van der Waals surface area contributed by atoms with Crippen molar-refractivity contribution in [2.45, 2.75) is 31.8 Å². The number of H-pyrrole nitrogens is 1. The Balaban J connectivity index is 1.48. The van der Waals surface area contributed by atoms with E-state index in [0.717, 1.165) is 24.8 Å². The van der Waals surface area contributed by atoms with Crippen LogP contribution in [-0.4, -0.2) is 40.8 Å². The summed E-state index contributed by atoms with van der Waals surface area (Å²) in [6.45, 7) is 0. The molecular weight excluding hydrogens is 533 g/mol. The van der Waals surface area contributed by atoms with Crippen LogP contribution in [0.5, 0.6) is 5.75 Å². The van der Waals surface area contributed by atoms with E-state index in [4.69, 9.17) is 4.74 Å². The Labute approximate surface area is 222 Å². The van der Waals surface area contributed by atoms with Gasteiger partial charge in [-0.25, -0.2) is 26.6 Å². The van der Waals surface area contributed by atoms with Crippen LogP contribution in [0.2, 0.25) is 0 Å². The molecule has 4 aromatic rings. The lowest BCUT2D eigenvalue weighted by Crippen LogP contribution is -2.26. The second-order valence-corrected chi connectivity index (χ2v) is 10.9. The first-order valence-electron chi connectivity index (χ1n) is 12.2. The Morgan fingerprint density at radius 3 is 2.51 bits per heavy atom. The maximum Gasteiger partial charge on any atom is 0.254 e. The van der Waals surface area contributed by atoms with Crippen LogP contribution >= 0.6 is 0 Å². The molecule has 13 heteroatoms. The monoisotopic (exact) mass is 558 g/mol. The van der Waals surface area contributed by atoms with Gasteiger partial charge in [-0.1, -0.05) is 24.6 Å². The summed E-state index contributed by atoms with van der Waals surface area (Å²) in [5.74, 6) is -0.516. The lowest BCUT2D eigenvalue weighted by Gasteiger charge is -2.34. The van der Waals surface area contributed by atoms with Gasteiger partial charge < -0.3 is 10.1 Å². The van der Waals surface area contributed by atoms with Crippen molar-refractivity contribution in [2.75, 3.05) is 15.8 Å². The molecule has 1 unspecified atom stereocenters. The Morgan fingerprint density at radius 2 is 1.85 bits per heavy atom. The Hall–Kier alpha value is -4.13. The van der Waals surface area contributed by atoms with E-state index in [2.05, 4.69) is 30.2 Å². The minimum atomic E-state index is -4.35. The molecule has 1 atom stereocenters. The molecule has 1 aliphatic carbocycles. The van der Waals surface area contributed by atoms with Crippen molar-refractivity contribution in [2.24, 2.45) is 5.92 Å². The summed E-state index contributed by atoms with van der Waals surface area (Å²) in [4.78, 5) is 8.14. The van der Waals surface area contributed by atoms with Crippen LogP contribution in [-0.2, 0) is 10.0 Å². The highest BCUT2D eigenvalue weighted by Crippen LogP contribution is 2.43. The number of hydrogen-bond donors (Lipinski definition) is 3. The number of aromatic nitrogens is 4. The fraction of sp³-hybridized carbons (Fsp3) is 0.269. The van der Waals surface area contributed by atoms with Gasteiger partial charge in [0.15, 0.2) is 5.82 Å². The van der Waals surface area contributed by atoms with Crippen LogP contribution in [0.25, 0.3) is 11.3 Å². The quantitative estimate of drug-likeness (QED) is 0.217. The zero-order valence-corrected chi connectivity index (χ0v) is 21.3. The van der Waals surface area contributed by atoms with Crippen molar-refractivity contribution < 1.29 is 26.3 Å². The minimum Gasteiger partial charge on any atom is -0.483 e. The van der Waals surface area contributed by atoms with Crippen LogP contribution in [0.3, 0.4) is 0 Å². The first kappa shape index (κ1) is 26.5. The van der Waals surface area contributed by atoms with E-state index in [1.807, 2.05) is 0 Å². The number of rotatable bonds is 11. The van der Waals surface area contributed by atoms with E-state index in [1.54, 1.807) is 36.5 Å². The predicted molar refractivity (Wildman–Crippen MR) is 140 cm³/mol. The van der Waals surface area contributed by atoms with Gasteiger partial charge in [0.2, 0.25) is 10.0 Å². The number of halogens is 3. The highest BCUT2D eigenvalue weighted by Gasteiger charge is 2.31. The second kappa shape index (κ2) is 11.3. The second-order valence-electron chi connectivity index (χ2n) is 9.15. The Morgan fingerprint density at radius 1 is 1.05 bits per heavy atom. The summed E-state index contributed by atoms with van der Waals surface area (Å²) in [5.41, 5.74) is 1.93. The third kappa shape index (κ3) is 6.66. The topological polar surface area (TPSA) is 122 Å². The van der Waals surface area contributed by atoms with Crippen LogP contribution in [0.4, 0.5) is 30.5 Å². The van der Waals surface area contributed by atoms with Crippen LogP contribution in [0, 0.1) is 11.7 Å². The largest absolute Gasteiger partial charge is 0.483 e. The minimum absolute atomic E-state index is 0.0169. The number of aromatic amines is 1. The molecule has 1 fully saturated rings. The number of ether oxygens (including phenoxy) is 1. The number of nitrogens with one attached hydrogen (secondary N) is 3. The zero-order valence-electron chi connectivity index (χ0n) is 20.5. The average molecular weight is 559 g/mol. The maximum atomic E-state index is 13.6. The average Bonchev–Trinajstić information content (AvgIpc) is 3.32. The van der Waals surface area contributed by atoms with E-state index in [1.165, 1.54) is 30.6 Å². The third-order valence-electron chi connectivity index (χ3n) is 6.33.